The third kappa shape index (κ3) is 4.62. The SMILES string of the molecule is NNC(=O)c1ccc(CN(c2ccccc2)S(=O)(=O)N2CCN(C3COC3)CC2)c(F)c1. The lowest BCUT2D eigenvalue weighted by Crippen LogP contribution is -2.59. The zero-order valence-electron chi connectivity index (χ0n) is 17.5. The van der Waals surface area contributed by atoms with E-state index in [1.54, 1.807) is 30.3 Å². The molecular formula is C21H26FN5O4S. The van der Waals surface area contributed by atoms with Gasteiger partial charge in [-0.3, -0.25) is 19.4 Å². The van der Waals surface area contributed by atoms with Crippen LogP contribution in [0.2, 0.25) is 0 Å². The molecule has 2 saturated heterocycles. The first-order valence-corrected chi connectivity index (χ1v) is 11.7. The molecule has 1 amide bonds. The van der Waals surface area contributed by atoms with E-state index in [2.05, 4.69) is 4.90 Å². The van der Waals surface area contributed by atoms with Gasteiger partial charge in [-0.2, -0.15) is 12.7 Å². The van der Waals surface area contributed by atoms with Crippen molar-refractivity contribution in [3.63, 3.8) is 0 Å². The summed E-state index contributed by atoms with van der Waals surface area (Å²) in [7, 11) is -3.92. The van der Waals surface area contributed by atoms with Crippen molar-refractivity contribution >= 4 is 21.8 Å². The molecule has 0 aromatic heterocycles. The lowest BCUT2D eigenvalue weighted by atomic mass is 10.1. The molecule has 2 heterocycles. The molecule has 2 aromatic carbocycles. The summed E-state index contributed by atoms with van der Waals surface area (Å²) >= 11 is 0. The van der Waals surface area contributed by atoms with Crippen LogP contribution < -0.4 is 15.6 Å². The van der Waals surface area contributed by atoms with Crippen molar-refractivity contribution in [3.05, 3.63) is 65.5 Å². The molecule has 32 heavy (non-hydrogen) atoms. The molecule has 2 aliphatic rings. The van der Waals surface area contributed by atoms with Crippen LogP contribution in [-0.4, -0.2) is 69.0 Å². The summed E-state index contributed by atoms with van der Waals surface area (Å²) in [6.45, 7) is 3.08. The number of hydrogen-bond donors (Lipinski definition) is 2. The number of halogens is 1. The molecule has 2 fully saturated rings. The van der Waals surface area contributed by atoms with Gasteiger partial charge >= 0.3 is 10.2 Å². The Bertz CT molecular complexity index is 1060. The average molecular weight is 464 g/mol. The Kier molecular flexibility index (Phi) is 6.72. The molecule has 11 heteroatoms. The van der Waals surface area contributed by atoms with Gasteiger partial charge in [-0.15, -0.1) is 0 Å². The maximum atomic E-state index is 14.8. The van der Waals surface area contributed by atoms with Gasteiger partial charge < -0.3 is 4.74 Å². The number of amides is 1. The van der Waals surface area contributed by atoms with E-state index in [-0.39, 0.29) is 17.7 Å². The van der Waals surface area contributed by atoms with Gasteiger partial charge in [0, 0.05) is 37.3 Å². The summed E-state index contributed by atoms with van der Waals surface area (Å²) in [4.78, 5) is 13.9. The van der Waals surface area contributed by atoms with Gasteiger partial charge in [0.2, 0.25) is 0 Å². The predicted molar refractivity (Wildman–Crippen MR) is 117 cm³/mol. The number of anilines is 1. The van der Waals surface area contributed by atoms with Crippen LogP contribution >= 0.6 is 0 Å². The van der Waals surface area contributed by atoms with E-state index < -0.39 is 21.9 Å². The number of para-hydroxylation sites is 1. The maximum Gasteiger partial charge on any atom is 0.304 e. The highest BCUT2D eigenvalue weighted by Crippen LogP contribution is 2.26. The Hall–Kier alpha value is -2.57. The molecule has 0 spiro atoms. The fraction of sp³-hybridized carbons (Fsp3) is 0.381. The summed E-state index contributed by atoms with van der Waals surface area (Å²) < 4.78 is 49.8. The second-order valence-electron chi connectivity index (χ2n) is 7.76. The number of ether oxygens (including phenoxy) is 1. The van der Waals surface area contributed by atoms with E-state index in [1.165, 1.54) is 20.7 Å². The molecule has 0 atom stereocenters. The molecule has 0 unspecified atom stereocenters. The molecule has 0 saturated carbocycles. The Labute approximate surface area is 186 Å². The molecular weight excluding hydrogens is 437 g/mol. The fourth-order valence-corrected chi connectivity index (χ4v) is 5.42. The van der Waals surface area contributed by atoms with Crippen molar-refractivity contribution in [1.29, 1.82) is 0 Å². The van der Waals surface area contributed by atoms with Gasteiger partial charge in [0.25, 0.3) is 5.91 Å². The number of piperazine rings is 1. The lowest BCUT2D eigenvalue weighted by molar-refractivity contribution is -0.0721. The van der Waals surface area contributed by atoms with Gasteiger partial charge in [-0.1, -0.05) is 24.3 Å². The second-order valence-corrected chi connectivity index (χ2v) is 9.61. The maximum absolute atomic E-state index is 14.8. The zero-order valence-corrected chi connectivity index (χ0v) is 18.3. The Morgan fingerprint density at radius 2 is 1.81 bits per heavy atom. The minimum Gasteiger partial charge on any atom is -0.378 e. The minimum atomic E-state index is -3.92. The van der Waals surface area contributed by atoms with E-state index >= 15 is 0 Å². The van der Waals surface area contributed by atoms with Crippen molar-refractivity contribution in [2.75, 3.05) is 43.7 Å². The number of nitrogen functional groups attached to an aromatic ring is 1. The number of benzene rings is 2. The second kappa shape index (κ2) is 9.51. The zero-order chi connectivity index (χ0) is 22.7. The Morgan fingerprint density at radius 3 is 2.38 bits per heavy atom. The highest BCUT2D eigenvalue weighted by molar-refractivity contribution is 7.90. The van der Waals surface area contributed by atoms with Gasteiger partial charge in [0.05, 0.1) is 31.5 Å². The van der Waals surface area contributed by atoms with Gasteiger partial charge in [0.15, 0.2) is 0 Å². The van der Waals surface area contributed by atoms with Crippen molar-refractivity contribution < 1.29 is 22.3 Å². The van der Waals surface area contributed by atoms with Crippen LogP contribution in [0, 0.1) is 5.82 Å². The van der Waals surface area contributed by atoms with Gasteiger partial charge in [-0.25, -0.2) is 10.2 Å². The Morgan fingerprint density at radius 1 is 1.12 bits per heavy atom. The molecule has 172 valence electrons. The summed E-state index contributed by atoms with van der Waals surface area (Å²) in [5.41, 5.74) is 2.59. The predicted octanol–water partition coefficient (Wildman–Crippen LogP) is 0.697. The minimum absolute atomic E-state index is 0.0546. The number of carbonyl (C=O) groups is 1. The highest BCUT2D eigenvalue weighted by Gasteiger charge is 2.36. The molecule has 2 aliphatic heterocycles. The van der Waals surface area contributed by atoms with Crippen molar-refractivity contribution in [2.45, 2.75) is 12.6 Å². The summed E-state index contributed by atoms with van der Waals surface area (Å²) in [5.74, 6) is 3.79. The summed E-state index contributed by atoms with van der Waals surface area (Å²) in [6, 6.07) is 12.8. The number of carbonyl (C=O) groups excluding carboxylic acids is 1. The third-order valence-electron chi connectivity index (χ3n) is 5.82. The number of nitrogens with zero attached hydrogens (tertiary/aromatic N) is 3. The van der Waals surface area contributed by atoms with Crippen LogP contribution in [0.15, 0.2) is 48.5 Å². The van der Waals surface area contributed by atoms with Crippen LogP contribution in [0.1, 0.15) is 15.9 Å². The van der Waals surface area contributed by atoms with E-state index in [1.807, 2.05) is 5.43 Å². The number of rotatable bonds is 7. The fourth-order valence-electron chi connectivity index (χ4n) is 3.83. The van der Waals surface area contributed by atoms with Crippen molar-refractivity contribution in [3.8, 4) is 0 Å². The van der Waals surface area contributed by atoms with Gasteiger partial charge in [-0.05, 0) is 24.3 Å². The average Bonchev–Trinajstić information content (AvgIpc) is 2.77. The number of hydrazine groups is 1. The molecule has 2 aromatic rings. The first-order valence-electron chi connectivity index (χ1n) is 10.3. The van der Waals surface area contributed by atoms with E-state index in [0.29, 0.717) is 51.1 Å². The van der Waals surface area contributed by atoms with Crippen molar-refractivity contribution in [1.82, 2.24) is 14.6 Å². The highest BCUT2D eigenvalue weighted by atomic mass is 32.2. The summed E-state index contributed by atoms with van der Waals surface area (Å²) in [5, 5.41) is 0. The topological polar surface area (TPSA) is 108 Å². The smallest absolute Gasteiger partial charge is 0.304 e. The molecule has 0 radical (unpaired) electrons. The van der Waals surface area contributed by atoms with Crippen LogP contribution in [-0.2, 0) is 21.5 Å². The first kappa shape index (κ1) is 22.6. The Balaban J connectivity index is 1.58. The molecule has 4 rings (SSSR count). The number of nitrogens with two attached hydrogens (primary N) is 1. The van der Waals surface area contributed by atoms with E-state index in [4.69, 9.17) is 10.6 Å². The third-order valence-corrected chi connectivity index (χ3v) is 7.73. The molecule has 0 aliphatic carbocycles. The first-order chi connectivity index (χ1) is 15.4. The van der Waals surface area contributed by atoms with Crippen molar-refractivity contribution in [2.24, 2.45) is 5.84 Å². The largest absolute Gasteiger partial charge is 0.378 e. The van der Waals surface area contributed by atoms with E-state index in [0.717, 1.165) is 6.07 Å². The van der Waals surface area contributed by atoms with E-state index in [9.17, 15) is 17.6 Å². The lowest BCUT2D eigenvalue weighted by Gasteiger charge is -2.43. The number of hydrogen-bond acceptors (Lipinski definition) is 6. The molecule has 3 N–H and O–H groups in total. The van der Waals surface area contributed by atoms with Crippen LogP contribution in [0.25, 0.3) is 0 Å². The van der Waals surface area contributed by atoms with Crippen LogP contribution in [0.5, 0.6) is 0 Å². The molecule has 0 bridgehead atoms. The quantitative estimate of drug-likeness (QED) is 0.356. The molecule has 9 nitrogen and oxygen atoms in total. The normalized spacial score (nSPS) is 18.2. The number of nitrogens with one attached hydrogen (secondary N) is 1. The monoisotopic (exact) mass is 463 g/mol. The standard InChI is InChI=1S/C21H26FN5O4S/c22-20-12-16(21(28)24-23)6-7-17(20)13-27(18-4-2-1-3-5-18)32(29,30)26-10-8-25(9-11-26)19-14-31-15-19/h1-7,12,19H,8-11,13-15,23H2,(H,24,28). The van der Waals surface area contributed by atoms with Gasteiger partial charge in [0.1, 0.15) is 5.82 Å². The summed E-state index contributed by atoms with van der Waals surface area (Å²) in [6.07, 6.45) is 0. The van der Waals surface area contributed by atoms with Crippen LogP contribution in [0.4, 0.5) is 10.1 Å². The van der Waals surface area contributed by atoms with Crippen LogP contribution in [0.3, 0.4) is 0 Å².